The molecule has 1 aromatic heterocycles. The van der Waals surface area contributed by atoms with E-state index in [0.29, 0.717) is 11.3 Å². The lowest BCUT2D eigenvalue weighted by Gasteiger charge is -2.19. The van der Waals surface area contributed by atoms with Crippen LogP contribution in [0.25, 0.3) is 10.1 Å². The summed E-state index contributed by atoms with van der Waals surface area (Å²) in [5.74, 6) is -0.242. The number of benzene rings is 2. The van der Waals surface area contributed by atoms with E-state index in [0.717, 1.165) is 11.1 Å². The number of nitrogens with one attached hydrogen (secondary N) is 2. The van der Waals surface area contributed by atoms with Crippen LogP contribution in [0.4, 0.5) is 16.2 Å². The summed E-state index contributed by atoms with van der Waals surface area (Å²) in [4.78, 5) is 25.7. The number of rotatable bonds is 3. The molecule has 140 valence electrons. The molecule has 3 rings (SSSR count). The number of amides is 2. The van der Waals surface area contributed by atoms with Gasteiger partial charge in [0.25, 0.3) is 5.91 Å². The van der Waals surface area contributed by atoms with Crippen LogP contribution < -0.4 is 10.6 Å². The number of ether oxygens (including phenoxy) is 1. The van der Waals surface area contributed by atoms with Crippen molar-refractivity contribution in [3.8, 4) is 0 Å². The highest BCUT2D eigenvalue weighted by Gasteiger charge is 2.16. The third kappa shape index (κ3) is 5.08. The van der Waals surface area contributed by atoms with Crippen LogP contribution in [0.3, 0.4) is 0 Å². The van der Waals surface area contributed by atoms with E-state index in [9.17, 15) is 9.59 Å². The van der Waals surface area contributed by atoms with Crippen molar-refractivity contribution in [3.05, 3.63) is 59.0 Å². The molecule has 2 aromatic carbocycles. The van der Waals surface area contributed by atoms with E-state index >= 15 is 0 Å². The average molecular weight is 382 g/mol. The standard InChI is InChI=1S/C21H22N2O3S/c1-13-10-15-12-17(8-9-18(15)27-13)22-19(24)14-6-5-7-16(11-14)23-20(25)26-21(2,3)4/h5-12H,1-4H3,(H,22,24)(H,23,25). The lowest BCUT2D eigenvalue weighted by Crippen LogP contribution is -2.27. The summed E-state index contributed by atoms with van der Waals surface area (Å²) in [6, 6.07) is 14.7. The Morgan fingerprint density at radius 1 is 0.963 bits per heavy atom. The number of carbonyl (C=O) groups is 2. The van der Waals surface area contributed by atoms with Gasteiger partial charge in [0.15, 0.2) is 0 Å². The highest BCUT2D eigenvalue weighted by Crippen LogP contribution is 2.27. The van der Waals surface area contributed by atoms with Crippen LogP contribution in [0.15, 0.2) is 48.5 Å². The van der Waals surface area contributed by atoms with Crippen LogP contribution in [0, 0.1) is 6.92 Å². The van der Waals surface area contributed by atoms with Crippen molar-refractivity contribution in [1.29, 1.82) is 0 Å². The molecule has 27 heavy (non-hydrogen) atoms. The minimum Gasteiger partial charge on any atom is -0.444 e. The van der Waals surface area contributed by atoms with Crippen molar-refractivity contribution >= 4 is 44.8 Å². The molecule has 0 bridgehead atoms. The molecule has 0 saturated heterocycles. The molecule has 0 aliphatic rings. The minimum absolute atomic E-state index is 0.242. The summed E-state index contributed by atoms with van der Waals surface area (Å²) in [7, 11) is 0. The van der Waals surface area contributed by atoms with Crippen molar-refractivity contribution < 1.29 is 14.3 Å². The fourth-order valence-corrected chi connectivity index (χ4v) is 3.52. The Hall–Kier alpha value is -2.86. The average Bonchev–Trinajstić information content (AvgIpc) is 2.92. The highest BCUT2D eigenvalue weighted by molar-refractivity contribution is 7.19. The van der Waals surface area contributed by atoms with E-state index in [-0.39, 0.29) is 5.91 Å². The first-order valence-corrected chi connectivity index (χ1v) is 9.43. The summed E-state index contributed by atoms with van der Waals surface area (Å²) >= 11 is 1.72. The van der Waals surface area contributed by atoms with E-state index in [1.807, 2.05) is 18.2 Å². The van der Waals surface area contributed by atoms with Gasteiger partial charge >= 0.3 is 6.09 Å². The Kier molecular flexibility index (Phi) is 5.19. The van der Waals surface area contributed by atoms with Gasteiger partial charge in [0, 0.05) is 26.5 Å². The van der Waals surface area contributed by atoms with E-state index < -0.39 is 11.7 Å². The monoisotopic (exact) mass is 382 g/mol. The van der Waals surface area contributed by atoms with Crippen molar-refractivity contribution in [2.24, 2.45) is 0 Å². The molecule has 0 unspecified atom stereocenters. The Morgan fingerprint density at radius 2 is 1.70 bits per heavy atom. The summed E-state index contributed by atoms with van der Waals surface area (Å²) in [5, 5.41) is 6.65. The molecule has 0 aliphatic heterocycles. The first-order chi connectivity index (χ1) is 12.7. The largest absolute Gasteiger partial charge is 0.444 e. The molecule has 0 fully saturated rings. The first kappa shape index (κ1) is 18.9. The number of fused-ring (bicyclic) bond motifs is 1. The van der Waals surface area contributed by atoms with Gasteiger partial charge in [-0.3, -0.25) is 10.1 Å². The fourth-order valence-electron chi connectivity index (χ4n) is 2.62. The number of thiophene rings is 1. The van der Waals surface area contributed by atoms with Gasteiger partial charge in [-0.2, -0.15) is 0 Å². The van der Waals surface area contributed by atoms with Gasteiger partial charge in [0.05, 0.1) is 0 Å². The molecule has 0 atom stereocenters. The molecule has 0 spiro atoms. The summed E-state index contributed by atoms with van der Waals surface area (Å²) in [6.07, 6.45) is -0.557. The van der Waals surface area contributed by atoms with Crippen LogP contribution in [-0.2, 0) is 4.74 Å². The second-order valence-corrected chi connectivity index (χ2v) is 8.56. The minimum atomic E-state index is -0.586. The van der Waals surface area contributed by atoms with E-state index in [2.05, 4.69) is 23.6 Å². The molecule has 0 aliphatic carbocycles. The quantitative estimate of drug-likeness (QED) is 0.601. The van der Waals surface area contributed by atoms with Crippen LogP contribution >= 0.6 is 11.3 Å². The second-order valence-electron chi connectivity index (χ2n) is 7.27. The van der Waals surface area contributed by atoms with Crippen molar-refractivity contribution in [3.63, 3.8) is 0 Å². The number of hydrogen-bond donors (Lipinski definition) is 2. The lowest BCUT2D eigenvalue weighted by atomic mass is 10.1. The fraction of sp³-hybridized carbons (Fsp3) is 0.238. The maximum absolute atomic E-state index is 12.6. The molecule has 3 aromatic rings. The van der Waals surface area contributed by atoms with Gasteiger partial charge in [-0.05, 0) is 75.5 Å². The maximum atomic E-state index is 12.6. The van der Waals surface area contributed by atoms with Gasteiger partial charge < -0.3 is 10.1 Å². The topological polar surface area (TPSA) is 67.4 Å². The SMILES string of the molecule is Cc1cc2cc(NC(=O)c3cccc(NC(=O)OC(C)(C)C)c3)ccc2s1. The van der Waals surface area contributed by atoms with Gasteiger partial charge in [0.1, 0.15) is 5.60 Å². The van der Waals surface area contributed by atoms with Crippen LogP contribution in [0.2, 0.25) is 0 Å². The summed E-state index contributed by atoms with van der Waals surface area (Å²) in [6.45, 7) is 7.44. The zero-order chi connectivity index (χ0) is 19.6. The molecule has 0 radical (unpaired) electrons. The molecule has 6 heteroatoms. The van der Waals surface area contributed by atoms with Gasteiger partial charge in [0.2, 0.25) is 0 Å². The van der Waals surface area contributed by atoms with Crippen LogP contribution in [-0.4, -0.2) is 17.6 Å². The van der Waals surface area contributed by atoms with Crippen LogP contribution in [0.5, 0.6) is 0 Å². The molecule has 5 nitrogen and oxygen atoms in total. The van der Waals surface area contributed by atoms with Gasteiger partial charge in [-0.15, -0.1) is 11.3 Å². The predicted octanol–water partition coefficient (Wildman–Crippen LogP) is 5.81. The Morgan fingerprint density at radius 3 is 2.44 bits per heavy atom. The van der Waals surface area contributed by atoms with Crippen LogP contribution in [0.1, 0.15) is 36.0 Å². The van der Waals surface area contributed by atoms with E-state index in [4.69, 9.17) is 4.74 Å². The van der Waals surface area contributed by atoms with Crippen molar-refractivity contribution in [2.75, 3.05) is 10.6 Å². The normalized spacial score (nSPS) is 11.3. The van der Waals surface area contributed by atoms with Gasteiger partial charge in [-0.1, -0.05) is 6.07 Å². The third-order valence-corrected chi connectivity index (χ3v) is 4.70. The number of hydrogen-bond acceptors (Lipinski definition) is 4. The summed E-state index contributed by atoms with van der Waals surface area (Å²) in [5.41, 5.74) is 1.10. The Bertz CT molecular complexity index is 1000. The maximum Gasteiger partial charge on any atom is 0.412 e. The molecular weight excluding hydrogens is 360 g/mol. The number of carbonyl (C=O) groups excluding carboxylic acids is 2. The van der Waals surface area contributed by atoms with E-state index in [1.54, 1.807) is 56.4 Å². The van der Waals surface area contributed by atoms with Crippen molar-refractivity contribution in [2.45, 2.75) is 33.3 Å². The second kappa shape index (κ2) is 7.40. The smallest absolute Gasteiger partial charge is 0.412 e. The Balaban J connectivity index is 1.71. The molecule has 1 heterocycles. The first-order valence-electron chi connectivity index (χ1n) is 8.61. The number of anilines is 2. The third-order valence-electron chi connectivity index (χ3n) is 3.67. The zero-order valence-electron chi connectivity index (χ0n) is 15.8. The predicted molar refractivity (Wildman–Crippen MR) is 111 cm³/mol. The molecule has 0 saturated carbocycles. The highest BCUT2D eigenvalue weighted by atomic mass is 32.1. The lowest BCUT2D eigenvalue weighted by molar-refractivity contribution is 0.0635. The van der Waals surface area contributed by atoms with Crippen molar-refractivity contribution in [1.82, 2.24) is 0 Å². The molecule has 2 N–H and O–H groups in total. The summed E-state index contributed by atoms with van der Waals surface area (Å²) < 4.78 is 6.42. The van der Waals surface area contributed by atoms with Gasteiger partial charge in [-0.25, -0.2) is 4.79 Å². The zero-order valence-corrected chi connectivity index (χ0v) is 16.6. The molecular formula is C21H22N2O3S. The van der Waals surface area contributed by atoms with E-state index in [1.165, 1.54) is 9.58 Å². The Labute approximate surface area is 162 Å². The molecule has 2 amide bonds. The number of aryl methyl sites for hydroxylation is 1.